The Morgan fingerprint density at radius 3 is 2.67 bits per heavy atom. The van der Waals surface area contributed by atoms with Crippen LogP contribution in [0.15, 0.2) is 46.9 Å². The highest BCUT2D eigenvalue weighted by atomic mass is 79.9. The number of quaternary nitrogens is 1. The maximum absolute atomic E-state index is 12.0. The maximum atomic E-state index is 12.0. The monoisotopic (exact) mass is 435 g/mol. The molecule has 0 atom stereocenters. The summed E-state index contributed by atoms with van der Waals surface area (Å²) in [5.74, 6) is 1.04. The summed E-state index contributed by atoms with van der Waals surface area (Å²) < 4.78 is 12.1. The number of carbonyl (C=O) groups is 1. The molecule has 0 bridgehead atoms. The molecule has 1 amide bonds. The van der Waals surface area contributed by atoms with E-state index in [9.17, 15) is 4.79 Å². The first kappa shape index (κ1) is 21.3. The van der Waals surface area contributed by atoms with Gasteiger partial charge in [0.2, 0.25) is 0 Å². The normalized spacial score (nSPS) is 10.5. The zero-order valence-corrected chi connectivity index (χ0v) is 17.6. The Morgan fingerprint density at radius 1 is 1.19 bits per heavy atom. The number of ether oxygens (including phenoxy) is 2. The molecule has 146 valence electrons. The number of hydrogen-bond donors (Lipinski definition) is 2. The topological polar surface area (TPSA) is 64.2 Å². The fourth-order valence-electron chi connectivity index (χ4n) is 2.65. The van der Waals surface area contributed by atoms with Gasteiger partial charge in [-0.2, -0.15) is 0 Å². The van der Waals surface area contributed by atoms with Crippen LogP contribution >= 0.6 is 15.9 Å². The minimum atomic E-state index is -0.149. The number of nitrogens with one attached hydrogen (secondary N) is 1. The first-order valence-corrected chi connectivity index (χ1v) is 10.0. The molecule has 0 aromatic heterocycles. The molecule has 0 saturated heterocycles. The Hall–Kier alpha value is -2.05. The molecule has 2 aromatic carbocycles. The fraction of sp³-hybridized carbons (Fsp3) is 0.381. The summed E-state index contributed by atoms with van der Waals surface area (Å²) >= 11 is 3.58. The minimum absolute atomic E-state index is 0.0428. The van der Waals surface area contributed by atoms with Crippen LogP contribution in [0.2, 0.25) is 0 Å². The van der Waals surface area contributed by atoms with Crippen LogP contribution < -0.4 is 20.1 Å². The van der Waals surface area contributed by atoms with Gasteiger partial charge in [-0.1, -0.05) is 53.2 Å². The Labute approximate surface area is 169 Å². The van der Waals surface area contributed by atoms with E-state index in [2.05, 4.69) is 33.5 Å². The number of amides is 1. The zero-order valence-electron chi connectivity index (χ0n) is 16.0. The summed E-state index contributed by atoms with van der Waals surface area (Å²) in [6, 6.07) is 13.9. The van der Waals surface area contributed by atoms with E-state index in [0.717, 1.165) is 36.0 Å². The van der Waals surface area contributed by atoms with Gasteiger partial charge >= 0.3 is 0 Å². The summed E-state index contributed by atoms with van der Waals surface area (Å²) in [6.07, 6.45) is 1.93. The Morgan fingerprint density at radius 2 is 1.96 bits per heavy atom. The Bertz CT molecular complexity index is 723. The molecule has 27 heavy (non-hydrogen) atoms. The van der Waals surface area contributed by atoms with Gasteiger partial charge in [0.15, 0.2) is 18.1 Å². The largest absolute Gasteiger partial charge is 0.493 e. The molecule has 0 aliphatic rings. The van der Waals surface area contributed by atoms with Gasteiger partial charge in [0.1, 0.15) is 6.54 Å². The van der Waals surface area contributed by atoms with Crippen LogP contribution in [0.25, 0.3) is 0 Å². The van der Waals surface area contributed by atoms with Gasteiger partial charge in [0.25, 0.3) is 5.91 Å². The van der Waals surface area contributed by atoms with Crippen molar-refractivity contribution in [2.45, 2.75) is 26.3 Å². The smallest absolute Gasteiger partial charge is 0.257 e. The van der Waals surface area contributed by atoms with Gasteiger partial charge < -0.3 is 20.1 Å². The summed E-state index contributed by atoms with van der Waals surface area (Å²) in [6.45, 7) is 4.65. The van der Waals surface area contributed by atoms with Crippen molar-refractivity contribution < 1.29 is 19.6 Å². The first-order valence-electron chi connectivity index (χ1n) is 9.25. The van der Waals surface area contributed by atoms with Crippen molar-refractivity contribution in [2.24, 2.45) is 0 Å². The van der Waals surface area contributed by atoms with E-state index in [-0.39, 0.29) is 12.5 Å². The molecule has 0 unspecified atom stereocenters. The van der Waals surface area contributed by atoms with Crippen LogP contribution in [0.1, 0.15) is 24.5 Å². The first-order chi connectivity index (χ1) is 13.1. The molecule has 0 heterocycles. The van der Waals surface area contributed by atoms with Crippen LogP contribution in [0.3, 0.4) is 0 Å². The van der Waals surface area contributed by atoms with Crippen LogP contribution in [-0.2, 0) is 17.8 Å². The second kappa shape index (κ2) is 11.6. The van der Waals surface area contributed by atoms with Crippen molar-refractivity contribution in [1.29, 1.82) is 0 Å². The van der Waals surface area contributed by atoms with Crippen molar-refractivity contribution >= 4 is 21.8 Å². The van der Waals surface area contributed by atoms with Gasteiger partial charge in [0.05, 0.1) is 13.7 Å². The standard InChI is InChI=1S/C21H27BrN2O3/c1-3-10-23-14-17-12-19(26-2)20(13-18(17)22)27-15-21(25)24-11-9-16-7-5-4-6-8-16/h4-8,12-13,23H,3,9-11,14-15H2,1-2H3,(H,24,25)/p+1. The van der Waals surface area contributed by atoms with Gasteiger partial charge in [-0.15, -0.1) is 0 Å². The van der Waals surface area contributed by atoms with Crippen molar-refractivity contribution in [3.63, 3.8) is 0 Å². The number of carbonyl (C=O) groups excluding carboxylic acids is 1. The van der Waals surface area contributed by atoms with E-state index in [1.54, 1.807) is 7.11 Å². The molecule has 6 heteroatoms. The third-order valence-electron chi connectivity index (χ3n) is 4.13. The zero-order chi connectivity index (χ0) is 19.5. The third-order valence-corrected chi connectivity index (χ3v) is 4.87. The highest BCUT2D eigenvalue weighted by molar-refractivity contribution is 9.10. The Balaban J connectivity index is 1.84. The number of nitrogens with two attached hydrogens (primary N) is 1. The highest BCUT2D eigenvalue weighted by Crippen LogP contribution is 2.33. The Kier molecular flexibility index (Phi) is 9.15. The van der Waals surface area contributed by atoms with E-state index in [1.807, 2.05) is 42.5 Å². The number of methoxy groups -OCH3 is 1. The molecular formula is C21H28BrN2O3+. The quantitative estimate of drug-likeness (QED) is 0.533. The molecular weight excluding hydrogens is 408 g/mol. The van der Waals surface area contributed by atoms with E-state index in [1.165, 1.54) is 5.56 Å². The van der Waals surface area contributed by atoms with Gasteiger partial charge in [-0.05, 0) is 30.5 Å². The van der Waals surface area contributed by atoms with Crippen LogP contribution in [0.4, 0.5) is 0 Å². The molecule has 0 spiro atoms. The lowest BCUT2D eigenvalue weighted by Gasteiger charge is -2.13. The molecule has 5 nitrogen and oxygen atoms in total. The molecule has 0 aliphatic heterocycles. The summed E-state index contributed by atoms with van der Waals surface area (Å²) in [4.78, 5) is 12.0. The van der Waals surface area contributed by atoms with Gasteiger partial charge in [0, 0.05) is 16.6 Å². The third kappa shape index (κ3) is 7.23. The summed E-state index contributed by atoms with van der Waals surface area (Å²) in [5.41, 5.74) is 2.33. The number of rotatable bonds is 11. The molecule has 0 radical (unpaired) electrons. The minimum Gasteiger partial charge on any atom is -0.493 e. The van der Waals surface area contributed by atoms with E-state index < -0.39 is 0 Å². The lowest BCUT2D eigenvalue weighted by atomic mass is 10.1. The molecule has 0 aliphatic carbocycles. The predicted octanol–water partition coefficient (Wildman–Crippen LogP) is 2.67. The number of hydrogen-bond acceptors (Lipinski definition) is 3. The van der Waals surface area contributed by atoms with Crippen molar-refractivity contribution in [3.05, 3.63) is 58.1 Å². The maximum Gasteiger partial charge on any atom is 0.257 e. The van der Waals surface area contributed by atoms with Crippen LogP contribution in [-0.4, -0.2) is 32.7 Å². The van der Waals surface area contributed by atoms with Crippen molar-refractivity contribution in [3.8, 4) is 11.5 Å². The van der Waals surface area contributed by atoms with Crippen molar-refractivity contribution in [2.75, 3.05) is 26.8 Å². The molecule has 0 saturated carbocycles. The molecule has 2 aromatic rings. The van der Waals surface area contributed by atoms with E-state index in [0.29, 0.717) is 18.0 Å². The van der Waals surface area contributed by atoms with Gasteiger partial charge in [-0.25, -0.2) is 0 Å². The number of halogens is 1. The lowest BCUT2D eigenvalue weighted by Crippen LogP contribution is -2.82. The average molecular weight is 436 g/mol. The summed E-state index contributed by atoms with van der Waals surface area (Å²) in [7, 11) is 1.61. The van der Waals surface area contributed by atoms with Crippen molar-refractivity contribution in [1.82, 2.24) is 5.32 Å². The summed E-state index contributed by atoms with van der Waals surface area (Å²) in [5, 5.41) is 5.13. The molecule has 2 rings (SSSR count). The fourth-order valence-corrected chi connectivity index (χ4v) is 3.14. The SMILES string of the molecule is CCC[NH2+]Cc1cc(OC)c(OCC(=O)NCCc2ccccc2)cc1Br. The van der Waals surface area contributed by atoms with Crippen LogP contribution in [0, 0.1) is 0 Å². The predicted molar refractivity (Wildman–Crippen MR) is 110 cm³/mol. The van der Waals surface area contributed by atoms with Gasteiger partial charge in [-0.3, -0.25) is 4.79 Å². The lowest BCUT2D eigenvalue weighted by molar-refractivity contribution is -0.670. The number of benzene rings is 2. The molecule has 3 N–H and O–H groups in total. The average Bonchev–Trinajstić information content (AvgIpc) is 2.68. The second-order valence-corrected chi connectivity index (χ2v) is 7.10. The van der Waals surface area contributed by atoms with E-state index >= 15 is 0 Å². The van der Waals surface area contributed by atoms with E-state index in [4.69, 9.17) is 9.47 Å². The highest BCUT2D eigenvalue weighted by Gasteiger charge is 2.13. The second-order valence-electron chi connectivity index (χ2n) is 6.25. The van der Waals surface area contributed by atoms with Crippen LogP contribution in [0.5, 0.6) is 11.5 Å². The molecule has 0 fully saturated rings.